The number of carbonyl (C=O) groups excluding carboxylic acids is 2. The number of benzene rings is 1. The van der Waals surface area contributed by atoms with E-state index in [-0.39, 0.29) is 17.9 Å². The Balaban J connectivity index is 2.01. The van der Waals surface area contributed by atoms with E-state index in [0.717, 1.165) is 19.3 Å². The van der Waals surface area contributed by atoms with E-state index in [9.17, 15) is 9.59 Å². The molecule has 8 heteroatoms. The van der Waals surface area contributed by atoms with Crippen molar-refractivity contribution in [2.45, 2.75) is 84.0 Å². The predicted octanol–water partition coefficient (Wildman–Crippen LogP) is 6.56. The normalized spacial score (nSPS) is 10.5. The topological polar surface area (TPSA) is 89.5 Å². The highest BCUT2D eigenvalue weighted by molar-refractivity contribution is 5.92. The van der Waals surface area contributed by atoms with Crippen LogP contribution in [-0.4, -0.2) is 33.0 Å². The fourth-order valence-corrected chi connectivity index (χ4v) is 3.21. The van der Waals surface area contributed by atoms with E-state index >= 15 is 0 Å². The van der Waals surface area contributed by atoms with Gasteiger partial charge in [0.25, 0.3) is 0 Å². The number of hydrogen-bond donors (Lipinski definition) is 0. The van der Waals surface area contributed by atoms with E-state index in [1.165, 1.54) is 84.1 Å². The molecule has 1 aromatic rings. The molecule has 0 aromatic heterocycles. The van der Waals surface area contributed by atoms with Gasteiger partial charge in [0.1, 0.15) is 17.1 Å². The summed E-state index contributed by atoms with van der Waals surface area (Å²) in [7, 11) is 2.89. The highest BCUT2D eigenvalue weighted by Gasteiger charge is 2.17. The summed E-state index contributed by atoms with van der Waals surface area (Å²) in [6.45, 7) is 2.46. The molecule has 0 fully saturated rings. The maximum atomic E-state index is 12.0. The highest BCUT2D eigenvalue weighted by atomic mass is 17.5. The Morgan fingerprint density at radius 2 is 1.34 bits per heavy atom. The third-order valence-electron chi connectivity index (χ3n) is 5.06. The molecule has 0 aliphatic rings. The summed E-state index contributed by atoms with van der Waals surface area (Å²) in [4.78, 5) is 32.2. The summed E-state index contributed by atoms with van der Waals surface area (Å²) < 4.78 is 15.0. The summed E-state index contributed by atoms with van der Waals surface area (Å²) in [6, 6.07) is 4.51. The minimum Gasteiger partial charge on any atom is -0.497 e. The zero-order valence-electron chi connectivity index (χ0n) is 19.7. The van der Waals surface area contributed by atoms with Crippen LogP contribution in [0.4, 0.5) is 4.79 Å². The molecule has 0 saturated carbocycles. The average molecular weight is 455 g/mol. The van der Waals surface area contributed by atoms with Gasteiger partial charge < -0.3 is 14.2 Å². The Bertz CT molecular complexity index is 647. The number of hydrogen-bond acceptors (Lipinski definition) is 8. The number of carbonyl (C=O) groups is 2. The number of rotatable bonds is 18. The lowest BCUT2D eigenvalue weighted by atomic mass is 10.1. The monoisotopic (exact) mass is 454 g/mol. The molecule has 0 spiro atoms. The first-order valence-corrected chi connectivity index (χ1v) is 11.6. The predicted molar refractivity (Wildman–Crippen MR) is 120 cm³/mol. The van der Waals surface area contributed by atoms with Crippen LogP contribution in [-0.2, 0) is 19.6 Å². The van der Waals surface area contributed by atoms with Crippen molar-refractivity contribution in [1.29, 1.82) is 0 Å². The molecule has 8 nitrogen and oxygen atoms in total. The molecular weight excluding hydrogens is 416 g/mol. The molecule has 0 radical (unpaired) electrons. The van der Waals surface area contributed by atoms with Gasteiger partial charge in [0.15, 0.2) is 0 Å². The Kier molecular flexibility index (Phi) is 15.6. The van der Waals surface area contributed by atoms with Gasteiger partial charge >= 0.3 is 12.1 Å². The van der Waals surface area contributed by atoms with E-state index in [2.05, 4.69) is 21.7 Å². The molecule has 0 aliphatic carbocycles. The van der Waals surface area contributed by atoms with Crippen LogP contribution < -0.4 is 9.47 Å². The Morgan fingerprint density at radius 3 is 1.91 bits per heavy atom. The summed E-state index contributed by atoms with van der Waals surface area (Å²) in [5, 5.41) is 4.22. The molecule has 0 amide bonds. The molecule has 0 heterocycles. The summed E-state index contributed by atoms with van der Waals surface area (Å²) in [5.41, 5.74) is 0.0850. The first-order chi connectivity index (χ1) is 15.6. The quantitative estimate of drug-likeness (QED) is 0.107. The first-order valence-electron chi connectivity index (χ1n) is 11.6. The second-order valence-electron chi connectivity index (χ2n) is 7.58. The number of ether oxygens (including phenoxy) is 3. The minimum atomic E-state index is -1.07. The van der Waals surface area contributed by atoms with Crippen molar-refractivity contribution in [2.75, 3.05) is 20.8 Å². The third kappa shape index (κ3) is 12.4. The van der Waals surface area contributed by atoms with Crippen molar-refractivity contribution in [3.05, 3.63) is 23.8 Å². The standard InChI is InChI=1S/C24H38O8/c1-4-5-6-7-8-9-10-11-12-13-14-15-18-29-24(26)31-32-30-23(25)21-17-16-20(27-2)19-22(21)28-3/h16-17,19H,4-15,18H2,1-3H3. The van der Waals surface area contributed by atoms with Gasteiger partial charge in [-0.2, -0.15) is 0 Å². The van der Waals surface area contributed by atoms with E-state index in [4.69, 9.17) is 14.2 Å². The molecule has 32 heavy (non-hydrogen) atoms. The van der Waals surface area contributed by atoms with Crippen LogP contribution >= 0.6 is 0 Å². The average Bonchev–Trinajstić information content (AvgIpc) is 2.81. The summed E-state index contributed by atoms with van der Waals surface area (Å²) in [5.74, 6) is -0.150. The van der Waals surface area contributed by atoms with E-state index in [0.29, 0.717) is 5.75 Å². The van der Waals surface area contributed by atoms with Crippen molar-refractivity contribution in [2.24, 2.45) is 0 Å². The van der Waals surface area contributed by atoms with Crippen molar-refractivity contribution in [3.63, 3.8) is 0 Å². The lowest BCUT2D eigenvalue weighted by Crippen LogP contribution is -2.13. The molecule has 0 unspecified atom stereocenters. The smallest absolute Gasteiger partial charge is 0.497 e. The third-order valence-corrected chi connectivity index (χ3v) is 5.06. The van der Waals surface area contributed by atoms with Gasteiger partial charge in [-0.3, -0.25) is 4.89 Å². The largest absolute Gasteiger partial charge is 0.543 e. The molecule has 1 rings (SSSR count). The van der Waals surface area contributed by atoms with Gasteiger partial charge in [-0.1, -0.05) is 77.6 Å². The molecule has 0 aliphatic heterocycles. The molecule has 0 atom stereocenters. The second-order valence-corrected chi connectivity index (χ2v) is 7.58. The van der Waals surface area contributed by atoms with Crippen molar-refractivity contribution in [1.82, 2.24) is 0 Å². The fraction of sp³-hybridized carbons (Fsp3) is 0.667. The molecule has 0 N–H and O–H groups in total. The summed E-state index contributed by atoms with van der Waals surface area (Å²) in [6.07, 6.45) is 13.6. The lowest BCUT2D eigenvalue weighted by Gasteiger charge is -2.08. The molecule has 1 aromatic carbocycles. The van der Waals surface area contributed by atoms with Gasteiger partial charge in [0.05, 0.1) is 25.9 Å². The Labute approximate surface area is 191 Å². The van der Waals surface area contributed by atoms with E-state index < -0.39 is 12.1 Å². The van der Waals surface area contributed by atoms with E-state index in [1.54, 1.807) is 6.07 Å². The molecule has 0 saturated heterocycles. The Hall–Kier alpha value is -2.48. The number of unbranched alkanes of at least 4 members (excludes halogenated alkanes) is 11. The van der Waals surface area contributed by atoms with Crippen LogP contribution in [0.3, 0.4) is 0 Å². The number of methoxy groups -OCH3 is 2. The highest BCUT2D eigenvalue weighted by Crippen LogP contribution is 2.25. The maximum Gasteiger partial charge on any atom is 0.543 e. The Morgan fingerprint density at radius 1 is 0.750 bits per heavy atom. The first kappa shape index (κ1) is 27.6. The van der Waals surface area contributed by atoms with Crippen LogP contribution in [0.1, 0.15) is 94.3 Å². The maximum absolute atomic E-state index is 12.0. The SMILES string of the molecule is CCCCCCCCCCCCCCOC(=O)OOOC(=O)c1ccc(OC)cc1OC. The molecular formula is C24H38O8. The van der Waals surface area contributed by atoms with Gasteiger partial charge in [-0.15, -0.1) is 0 Å². The second kappa shape index (κ2) is 18.1. The van der Waals surface area contributed by atoms with Crippen LogP contribution in [0.25, 0.3) is 0 Å². The van der Waals surface area contributed by atoms with Crippen molar-refractivity contribution < 1.29 is 38.6 Å². The van der Waals surface area contributed by atoms with Crippen molar-refractivity contribution in [3.8, 4) is 11.5 Å². The summed E-state index contributed by atoms with van der Waals surface area (Å²) >= 11 is 0. The van der Waals surface area contributed by atoms with Gasteiger partial charge in [0, 0.05) is 6.07 Å². The minimum absolute atomic E-state index is 0.0850. The van der Waals surface area contributed by atoms with Gasteiger partial charge in [-0.05, 0) is 18.6 Å². The van der Waals surface area contributed by atoms with E-state index in [1.807, 2.05) is 0 Å². The molecule has 0 bridgehead atoms. The van der Waals surface area contributed by atoms with Crippen LogP contribution in [0.5, 0.6) is 11.5 Å². The lowest BCUT2D eigenvalue weighted by molar-refractivity contribution is -0.452. The zero-order chi connectivity index (χ0) is 23.4. The van der Waals surface area contributed by atoms with Crippen molar-refractivity contribution >= 4 is 12.1 Å². The molecule has 182 valence electrons. The van der Waals surface area contributed by atoms with Crippen LogP contribution in [0.2, 0.25) is 0 Å². The van der Waals surface area contributed by atoms with Crippen LogP contribution in [0.15, 0.2) is 18.2 Å². The van der Waals surface area contributed by atoms with Crippen LogP contribution in [0, 0.1) is 0 Å². The van der Waals surface area contributed by atoms with Gasteiger partial charge in [-0.25, -0.2) is 14.5 Å². The van der Waals surface area contributed by atoms with Gasteiger partial charge in [0.2, 0.25) is 0 Å². The zero-order valence-corrected chi connectivity index (χ0v) is 19.7. The fourth-order valence-electron chi connectivity index (χ4n) is 3.21.